The van der Waals surface area contributed by atoms with Crippen molar-refractivity contribution < 1.29 is 9.59 Å². The lowest BCUT2D eigenvalue weighted by Gasteiger charge is -2.24. The highest BCUT2D eigenvalue weighted by molar-refractivity contribution is 5.93. The van der Waals surface area contributed by atoms with E-state index in [1.165, 1.54) is 12.6 Å². The molecule has 0 bridgehead atoms. The van der Waals surface area contributed by atoms with Gasteiger partial charge in [-0.3, -0.25) is 20.0 Å². The summed E-state index contributed by atoms with van der Waals surface area (Å²) in [5, 5.41) is 0. The van der Waals surface area contributed by atoms with Gasteiger partial charge >= 0.3 is 0 Å². The van der Waals surface area contributed by atoms with Gasteiger partial charge in [0.2, 0.25) is 5.91 Å². The lowest BCUT2D eigenvalue weighted by molar-refractivity contribution is -0.132. The van der Waals surface area contributed by atoms with Gasteiger partial charge in [0, 0.05) is 19.2 Å². The monoisotopic (exact) mass is 276 g/mol. The predicted octanol–water partition coefficient (Wildman–Crippen LogP) is 0.978. The van der Waals surface area contributed by atoms with Crippen LogP contribution in [0.3, 0.4) is 0 Å². The van der Waals surface area contributed by atoms with E-state index < -0.39 is 0 Å². The van der Waals surface area contributed by atoms with Gasteiger partial charge in [0.25, 0.3) is 5.91 Å². The first-order valence-corrected chi connectivity index (χ1v) is 6.94. The largest absolute Gasteiger partial charge is 0.337 e. The van der Waals surface area contributed by atoms with Crippen LogP contribution in [0.5, 0.6) is 0 Å². The second-order valence-electron chi connectivity index (χ2n) is 4.99. The van der Waals surface area contributed by atoms with E-state index in [4.69, 9.17) is 5.84 Å². The number of nitrogens with two attached hydrogens (primary N) is 1. The van der Waals surface area contributed by atoms with Gasteiger partial charge < -0.3 is 4.90 Å². The molecular formula is C14H20N4O2. The number of pyridine rings is 1. The standard InChI is InChI=1S/C14H20N4O2/c15-17-14(20)11-6-7-12(16-9-11)10-18-8-4-2-1-3-5-13(18)19/h6-7,9H,1-5,8,10,15H2,(H,17,20). The molecule has 0 radical (unpaired) electrons. The predicted molar refractivity (Wildman–Crippen MR) is 74.4 cm³/mol. The number of nitrogens with one attached hydrogen (secondary N) is 1. The van der Waals surface area contributed by atoms with Crippen molar-refractivity contribution in [1.82, 2.24) is 15.3 Å². The van der Waals surface area contributed by atoms with Crippen LogP contribution in [0.2, 0.25) is 0 Å². The molecule has 0 spiro atoms. The molecule has 0 aliphatic carbocycles. The third-order valence-corrected chi connectivity index (χ3v) is 3.49. The highest BCUT2D eigenvalue weighted by Crippen LogP contribution is 2.14. The number of hydrazine groups is 1. The number of carbonyl (C=O) groups excluding carboxylic acids is 2. The molecule has 1 aromatic heterocycles. The minimum absolute atomic E-state index is 0.190. The summed E-state index contributed by atoms with van der Waals surface area (Å²) in [5.41, 5.74) is 3.26. The molecule has 6 nitrogen and oxygen atoms in total. The molecule has 0 unspecified atom stereocenters. The van der Waals surface area contributed by atoms with Crippen molar-refractivity contribution in [2.24, 2.45) is 5.84 Å². The molecule has 0 atom stereocenters. The summed E-state index contributed by atoms with van der Waals surface area (Å²) < 4.78 is 0. The Hall–Kier alpha value is -1.95. The molecule has 0 aromatic carbocycles. The maximum absolute atomic E-state index is 12.0. The van der Waals surface area contributed by atoms with Gasteiger partial charge in [-0.1, -0.05) is 12.8 Å². The average Bonchev–Trinajstić information content (AvgIpc) is 2.47. The summed E-state index contributed by atoms with van der Waals surface area (Å²) in [6.07, 6.45) is 6.42. The SMILES string of the molecule is NNC(=O)c1ccc(CN2CCCCCCC2=O)nc1. The van der Waals surface area contributed by atoms with Crippen LogP contribution in [0.4, 0.5) is 0 Å². The first-order chi connectivity index (χ1) is 9.70. The molecule has 2 heterocycles. The van der Waals surface area contributed by atoms with E-state index in [-0.39, 0.29) is 11.8 Å². The fourth-order valence-corrected chi connectivity index (χ4v) is 2.31. The number of rotatable bonds is 3. The Balaban J connectivity index is 2.00. The molecule has 1 saturated heterocycles. The Morgan fingerprint density at radius 2 is 2.10 bits per heavy atom. The highest BCUT2D eigenvalue weighted by Gasteiger charge is 2.16. The van der Waals surface area contributed by atoms with E-state index in [1.807, 2.05) is 4.90 Å². The Kier molecular flexibility index (Phi) is 5.06. The molecule has 1 fully saturated rings. The van der Waals surface area contributed by atoms with Crippen LogP contribution in [-0.2, 0) is 11.3 Å². The number of aromatic nitrogens is 1. The van der Waals surface area contributed by atoms with Crippen LogP contribution in [0.15, 0.2) is 18.3 Å². The summed E-state index contributed by atoms with van der Waals surface area (Å²) in [5.74, 6) is 4.88. The van der Waals surface area contributed by atoms with Crippen molar-refractivity contribution in [3.05, 3.63) is 29.6 Å². The number of amides is 2. The van der Waals surface area contributed by atoms with Crippen LogP contribution in [0.25, 0.3) is 0 Å². The van der Waals surface area contributed by atoms with Crippen molar-refractivity contribution >= 4 is 11.8 Å². The van der Waals surface area contributed by atoms with Gasteiger partial charge in [-0.25, -0.2) is 5.84 Å². The van der Waals surface area contributed by atoms with Crippen LogP contribution < -0.4 is 11.3 Å². The van der Waals surface area contributed by atoms with Crippen LogP contribution in [0.1, 0.15) is 48.2 Å². The van der Waals surface area contributed by atoms with Gasteiger partial charge in [-0.15, -0.1) is 0 Å². The van der Waals surface area contributed by atoms with Crippen molar-refractivity contribution in [2.75, 3.05) is 6.54 Å². The molecule has 3 N–H and O–H groups in total. The summed E-state index contributed by atoms with van der Waals surface area (Å²) in [7, 11) is 0. The highest BCUT2D eigenvalue weighted by atomic mass is 16.2. The number of likely N-dealkylation sites (tertiary alicyclic amines) is 1. The van der Waals surface area contributed by atoms with Crippen LogP contribution in [-0.4, -0.2) is 28.2 Å². The molecule has 20 heavy (non-hydrogen) atoms. The van der Waals surface area contributed by atoms with Gasteiger partial charge in [0.05, 0.1) is 17.8 Å². The summed E-state index contributed by atoms with van der Waals surface area (Å²) in [6, 6.07) is 3.43. The third-order valence-electron chi connectivity index (χ3n) is 3.49. The first-order valence-electron chi connectivity index (χ1n) is 6.94. The maximum atomic E-state index is 12.0. The quantitative estimate of drug-likeness (QED) is 0.489. The summed E-state index contributed by atoms with van der Waals surface area (Å²) >= 11 is 0. The molecule has 2 amide bonds. The van der Waals surface area contributed by atoms with Crippen LogP contribution in [0, 0.1) is 0 Å². The summed E-state index contributed by atoms with van der Waals surface area (Å²) in [4.78, 5) is 29.4. The molecular weight excluding hydrogens is 256 g/mol. The zero-order valence-electron chi connectivity index (χ0n) is 11.5. The Bertz CT molecular complexity index is 473. The zero-order valence-corrected chi connectivity index (χ0v) is 11.5. The number of nitrogens with zero attached hydrogens (tertiary/aromatic N) is 2. The molecule has 108 valence electrons. The number of carbonyl (C=O) groups is 2. The van der Waals surface area contributed by atoms with Crippen molar-refractivity contribution in [1.29, 1.82) is 0 Å². The fraction of sp³-hybridized carbons (Fsp3) is 0.500. The first kappa shape index (κ1) is 14.5. The number of hydrogen-bond donors (Lipinski definition) is 2. The number of hydrogen-bond acceptors (Lipinski definition) is 4. The minimum Gasteiger partial charge on any atom is -0.337 e. The number of nitrogen functional groups attached to an aromatic ring is 1. The topological polar surface area (TPSA) is 88.3 Å². The fourth-order valence-electron chi connectivity index (χ4n) is 2.31. The van der Waals surface area contributed by atoms with Crippen molar-refractivity contribution in [2.45, 2.75) is 38.6 Å². The van der Waals surface area contributed by atoms with Gasteiger partial charge in [-0.2, -0.15) is 0 Å². The van der Waals surface area contributed by atoms with Gasteiger partial charge in [0.1, 0.15) is 0 Å². The van der Waals surface area contributed by atoms with E-state index in [2.05, 4.69) is 10.4 Å². The molecule has 1 aliphatic heterocycles. The smallest absolute Gasteiger partial charge is 0.266 e. The van der Waals surface area contributed by atoms with Crippen LogP contribution >= 0.6 is 0 Å². The van der Waals surface area contributed by atoms with Crippen molar-refractivity contribution in [3.8, 4) is 0 Å². The van der Waals surface area contributed by atoms with E-state index in [0.29, 0.717) is 18.5 Å². The Morgan fingerprint density at radius 3 is 2.80 bits per heavy atom. The molecule has 1 aromatic rings. The molecule has 1 aliphatic rings. The second-order valence-corrected chi connectivity index (χ2v) is 4.99. The minimum atomic E-state index is -0.369. The van der Waals surface area contributed by atoms with E-state index in [9.17, 15) is 9.59 Å². The Morgan fingerprint density at radius 1 is 1.30 bits per heavy atom. The average molecular weight is 276 g/mol. The second kappa shape index (κ2) is 7.00. The maximum Gasteiger partial charge on any atom is 0.266 e. The van der Waals surface area contributed by atoms with E-state index in [0.717, 1.165) is 31.5 Å². The van der Waals surface area contributed by atoms with Gasteiger partial charge in [-0.05, 0) is 25.0 Å². The van der Waals surface area contributed by atoms with E-state index >= 15 is 0 Å². The summed E-state index contributed by atoms with van der Waals surface area (Å²) in [6.45, 7) is 1.29. The van der Waals surface area contributed by atoms with E-state index in [1.54, 1.807) is 12.1 Å². The lowest BCUT2D eigenvalue weighted by Crippen LogP contribution is -2.33. The lowest BCUT2D eigenvalue weighted by atomic mass is 10.1. The zero-order chi connectivity index (χ0) is 14.4. The Labute approximate surface area is 118 Å². The van der Waals surface area contributed by atoms with Gasteiger partial charge in [0.15, 0.2) is 0 Å². The normalized spacial score (nSPS) is 16.4. The van der Waals surface area contributed by atoms with Crippen molar-refractivity contribution in [3.63, 3.8) is 0 Å². The third kappa shape index (κ3) is 3.77. The molecule has 6 heteroatoms. The molecule has 0 saturated carbocycles. The molecule has 2 rings (SSSR count).